The molecule has 0 radical (unpaired) electrons. The van der Waals surface area contributed by atoms with Crippen LogP contribution in [0.4, 0.5) is 5.69 Å². The van der Waals surface area contributed by atoms with Crippen LogP contribution >= 0.6 is 22.9 Å². The van der Waals surface area contributed by atoms with Gasteiger partial charge in [-0.1, -0.05) is 11.6 Å². The summed E-state index contributed by atoms with van der Waals surface area (Å²) in [6, 6.07) is 12.6. The Morgan fingerprint density at radius 3 is 2.64 bits per heavy atom. The molecule has 1 amide bonds. The largest absolute Gasteiger partial charge is 0.497 e. The van der Waals surface area contributed by atoms with Gasteiger partial charge in [0.2, 0.25) is 5.91 Å². The lowest BCUT2D eigenvalue weighted by molar-refractivity contribution is -0.116. The van der Waals surface area contributed by atoms with Gasteiger partial charge in [0.15, 0.2) is 11.5 Å². The third-order valence-corrected chi connectivity index (χ3v) is 6.57. The van der Waals surface area contributed by atoms with Gasteiger partial charge in [-0.3, -0.25) is 14.2 Å². The maximum absolute atomic E-state index is 13.0. The number of ether oxygens (including phenoxy) is 3. The fourth-order valence-electron chi connectivity index (χ4n) is 3.46. The number of amides is 1. The number of carbonyl (C=O) groups excluding carboxylic acids is 1. The molecule has 5 rings (SSSR count). The van der Waals surface area contributed by atoms with Gasteiger partial charge in [-0.15, -0.1) is 11.3 Å². The Hall–Kier alpha value is -3.56. The average Bonchev–Trinajstić information content (AvgIpc) is 3.27. The van der Waals surface area contributed by atoms with Crippen LogP contribution in [0.2, 0.25) is 5.02 Å². The number of nitrogens with zero attached hydrogens (tertiary/aromatic N) is 2. The molecule has 0 atom stereocenters. The van der Waals surface area contributed by atoms with E-state index in [-0.39, 0.29) is 12.1 Å². The second kappa shape index (κ2) is 8.76. The van der Waals surface area contributed by atoms with Gasteiger partial charge in [0.05, 0.1) is 29.7 Å². The topological polar surface area (TPSA) is 91.7 Å². The van der Waals surface area contributed by atoms with Crippen LogP contribution in [0.3, 0.4) is 0 Å². The lowest BCUT2D eigenvalue weighted by Crippen LogP contribution is -2.27. The molecule has 168 valence electrons. The van der Waals surface area contributed by atoms with Crippen LogP contribution in [0, 0.1) is 0 Å². The van der Waals surface area contributed by atoms with Gasteiger partial charge in [-0.05, 0) is 35.9 Å². The lowest BCUT2D eigenvalue weighted by Gasteiger charge is -2.20. The Labute approximate surface area is 197 Å². The van der Waals surface area contributed by atoms with Crippen molar-refractivity contribution in [1.29, 1.82) is 0 Å². The Kier molecular flexibility index (Phi) is 5.65. The predicted octanol–water partition coefficient (Wildman–Crippen LogP) is 4.20. The summed E-state index contributed by atoms with van der Waals surface area (Å²) in [5.41, 5.74) is 1.64. The number of aromatic nitrogens is 2. The van der Waals surface area contributed by atoms with Gasteiger partial charge in [-0.25, -0.2) is 4.98 Å². The minimum atomic E-state index is -0.413. The summed E-state index contributed by atoms with van der Waals surface area (Å²) in [7, 11) is 1.61. The fraction of sp³-hybridized carbons (Fsp3) is 0.174. The number of methoxy groups -OCH3 is 1. The minimum absolute atomic E-state index is 0.206. The highest BCUT2D eigenvalue weighted by molar-refractivity contribution is 7.22. The van der Waals surface area contributed by atoms with Crippen molar-refractivity contribution in [2.45, 2.75) is 6.54 Å². The first kappa shape index (κ1) is 21.3. The van der Waals surface area contributed by atoms with Crippen LogP contribution in [0.25, 0.3) is 20.7 Å². The molecular formula is C23H18ClN3O5S. The number of carbonyl (C=O) groups is 1. The summed E-state index contributed by atoms with van der Waals surface area (Å²) in [6.07, 6.45) is 1.38. The Morgan fingerprint density at radius 1 is 1.18 bits per heavy atom. The minimum Gasteiger partial charge on any atom is -0.497 e. The molecule has 2 aromatic carbocycles. The number of anilines is 1. The highest BCUT2D eigenvalue weighted by Gasteiger charge is 2.17. The summed E-state index contributed by atoms with van der Waals surface area (Å²) in [5.74, 6) is 1.37. The summed E-state index contributed by atoms with van der Waals surface area (Å²) in [5, 5.41) is 3.04. The molecular weight excluding hydrogens is 466 g/mol. The Balaban J connectivity index is 1.37. The van der Waals surface area contributed by atoms with Crippen molar-refractivity contribution in [3.05, 3.63) is 64.2 Å². The van der Waals surface area contributed by atoms with Crippen molar-refractivity contribution >= 4 is 44.7 Å². The van der Waals surface area contributed by atoms with Crippen LogP contribution in [-0.2, 0) is 11.3 Å². The van der Waals surface area contributed by atoms with Crippen molar-refractivity contribution < 1.29 is 19.0 Å². The first-order valence-corrected chi connectivity index (χ1v) is 11.2. The lowest BCUT2D eigenvalue weighted by atomic mass is 10.2. The summed E-state index contributed by atoms with van der Waals surface area (Å²) < 4.78 is 18.0. The number of benzene rings is 2. The van der Waals surface area contributed by atoms with Gasteiger partial charge >= 0.3 is 0 Å². The zero-order chi connectivity index (χ0) is 22.9. The SMILES string of the molecule is COc1ccc(-c2cc3ncn(CC(=O)Nc4cc5c(cc4Cl)OCCO5)c(=O)c3s2)cc1. The average molecular weight is 484 g/mol. The van der Waals surface area contributed by atoms with Crippen LogP contribution in [0.15, 0.2) is 53.6 Å². The van der Waals surface area contributed by atoms with Crippen molar-refractivity contribution in [3.8, 4) is 27.7 Å². The Morgan fingerprint density at radius 2 is 1.91 bits per heavy atom. The highest BCUT2D eigenvalue weighted by Crippen LogP contribution is 2.38. The van der Waals surface area contributed by atoms with E-state index < -0.39 is 5.91 Å². The molecule has 3 heterocycles. The number of hydrogen-bond acceptors (Lipinski definition) is 7. The quantitative estimate of drug-likeness (QED) is 0.457. The second-order valence-electron chi connectivity index (χ2n) is 7.26. The first-order valence-electron chi connectivity index (χ1n) is 10.0. The van der Waals surface area contributed by atoms with Crippen LogP contribution in [0.5, 0.6) is 17.2 Å². The fourth-order valence-corrected chi connectivity index (χ4v) is 4.73. The Bertz CT molecular complexity index is 1410. The molecule has 0 unspecified atom stereocenters. The predicted molar refractivity (Wildman–Crippen MR) is 127 cm³/mol. The molecule has 0 fully saturated rings. The van der Waals surface area contributed by atoms with E-state index in [1.165, 1.54) is 22.2 Å². The molecule has 1 aliphatic rings. The molecule has 1 aliphatic heterocycles. The third-order valence-electron chi connectivity index (χ3n) is 5.10. The highest BCUT2D eigenvalue weighted by atomic mass is 35.5. The zero-order valence-electron chi connectivity index (χ0n) is 17.5. The molecule has 0 bridgehead atoms. The maximum atomic E-state index is 13.0. The van der Waals surface area contributed by atoms with E-state index in [1.807, 2.05) is 30.3 Å². The van der Waals surface area contributed by atoms with Gasteiger partial charge in [-0.2, -0.15) is 0 Å². The number of nitrogens with one attached hydrogen (secondary N) is 1. The molecule has 0 saturated heterocycles. The van der Waals surface area contributed by atoms with E-state index in [0.29, 0.717) is 45.6 Å². The molecule has 0 saturated carbocycles. The van der Waals surface area contributed by atoms with E-state index in [2.05, 4.69) is 10.3 Å². The number of fused-ring (bicyclic) bond motifs is 2. The second-order valence-corrected chi connectivity index (χ2v) is 8.71. The molecule has 8 nitrogen and oxygen atoms in total. The molecule has 2 aromatic heterocycles. The van der Waals surface area contributed by atoms with Gasteiger partial charge in [0, 0.05) is 17.0 Å². The molecule has 4 aromatic rings. The van der Waals surface area contributed by atoms with Crippen LogP contribution < -0.4 is 25.1 Å². The molecule has 0 spiro atoms. The summed E-state index contributed by atoms with van der Waals surface area (Å²) in [4.78, 5) is 30.9. The van der Waals surface area contributed by atoms with E-state index in [0.717, 1.165) is 16.2 Å². The van der Waals surface area contributed by atoms with Crippen molar-refractivity contribution in [1.82, 2.24) is 9.55 Å². The smallest absolute Gasteiger partial charge is 0.271 e. The van der Waals surface area contributed by atoms with Gasteiger partial charge in [0.25, 0.3) is 5.56 Å². The standard InChI is InChI=1S/C23H18ClN3O5S/c1-30-14-4-2-13(3-5-14)20-10-17-22(33-20)23(29)27(12-25-17)11-21(28)26-16-9-19-18(8-15(16)24)31-6-7-32-19/h2-5,8-10,12H,6-7,11H2,1H3,(H,26,28). The summed E-state index contributed by atoms with van der Waals surface area (Å²) in [6.45, 7) is 0.654. The van der Waals surface area contributed by atoms with Crippen LogP contribution in [-0.4, -0.2) is 35.8 Å². The number of halogens is 1. The van der Waals surface area contributed by atoms with Crippen molar-refractivity contribution in [3.63, 3.8) is 0 Å². The molecule has 33 heavy (non-hydrogen) atoms. The number of thiophene rings is 1. The van der Waals surface area contributed by atoms with E-state index >= 15 is 0 Å². The van der Waals surface area contributed by atoms with Crippen LogP contribution in [0.1, 0.15) is 0 Å². The maximum Gasteiger partial charge on any atom is 0.271 e. The zero-order valence-corrected chi connectivity index (χ0v) is 19.0. The monoisotopic (exact) mass is 483 g/mol. The number of rotatable bonds is 5. The van der Waals surface area contributed by atoms with E-state index in [9.17, 15) is 9.59 Å². The van der Waals surface area contributed by atoms with Gasteiger partial charge < -0.3 is 19.5 Å². The molecule has 0 aliphatic carbocycles. The van der Waals surface area contributed by atoms with Crippen molar-refractivity contribution in [2.75, 3.05) is 25.6 Å². The van der Waals surface area contributed by atoms with E-state index in [4.69, 9.17) is 25.8 Å². The van der Waals surface area contributed by atoms with E-state index in [1.54, 1.807) is 19.2 Å². The van der Waals surface area contributed by atoms with Crippen molar-refractivity contribution in [2.24, 2.45) is 0 Å². The third kappa shape index (κ3) is 4.24. The number of hydrogen-bond donors (Lipinski definition) is 1. The summed E-state index contributed by atoms with van der Waals surface area (Å²) >= 11 is 7.59. The van der Waals surface area contributed by atoms with Gasteiger partial charge in [0.1, 0.15) is 30.2 Å². The molecule has 1 N–H and O–H groups in total. The first-order chi connectivity index (χ1) is 16.0. The molecule has 10 heteroatoms. The normalized spacial score (nSPS) is 12.5.